The highest BCUT2D eigenvalue weighted by molar-refractivity contribution is 5.92. The van der Waals surface area contributed by atoms with Crippen LogP contribution in [0.5, 0.6) is 0 Å². The quantitative estimate of drug-likeness (QED) is 0.758. The van der Waals surface area contributed by atoms with E-state index >= 15 is 0 Å². The number of benzene rings is 2. The van der Waals surface area contributed by atoms with Gasteiger partial charge in [-0.05, 0) is 50.1 Å². The minimum absolute atomic E-state index is 0.155. The van der Waals surface area contributed by atoms with Gasteiger partial charge in [-0.25, -0.2) is 9.07 Å². The number of hydrogen-bond acceptors (Lipinski definition) is 2. The van der Waals surface area contributed by atoms with Crippen molar-refractivity contribution in [2.24, 2.45) is 0 Å². The van der Waals surface area contributed by atoms with Crippen molar-refractivity contribution in [1.29, 1.82) is 0 Å². The Morgan fingerprint density at radius 3 is 2.56 bits per heavy atom. The van der Waals surface area contributed by atoms with Crippen molar-refractivity contribution < 1.29 is 9.18 Å². The molecule has 1 amide bonds. The molecule has 5 heteroatoms. The topological polar surface area (TPSA) is 46.9 Å². The fourth-order valence-electron chi connectivity index (χ4n) is 2.80. The average Bonchev–Trinajstić information content (AvgIpc) is 2.93. The fraction of sp³-hybridized carbons (Fsp3) is 0.200. The molecule has 128 valence electrons. The second kappa shape index (κ2) is 7.30. The minimum Gasteiger partial charge on any atom is -0.324 e. The molecule has 1 aromatic heterocycles. The summed E-state index contributed by atoms with van der Waals surface area (Å²) in [7, 11) is 0. The molecule has 4 nitrogen and oxygen atoms in total. The lowest BCUT2D eigenvalue weighted by Gasteiger charge is -2.12. The lowest BCUT2D eigenvalue weighted by Crippen LogP contribution is -2.15. The Hall–Kier alpha value is -2.95. The van der Waals surface area contributed by atoms with Gasteiger partial charge in [-0.1, -0.05) is 30.3 Å². The summed E-state index contributed by atoms with van der Waals surface area (Å²) in [5.74, 6) is -0.435. The van der Waals surface area contributed by atoms with Crippen molar-refractivity contribution in [3.8, 4) is 5.69 Å². The van der Waals surface area contributed by atoms with Crippen LogP contribution < -0.4 is 5.32 Å². The number of carbonyl (C=O) groups excluding carboxylic acids is 1. The molecule has 1 N–H and O–H groups in total. The van der Waals surface area contributed by atoms with Crippen molar-refractivity contribution >= 4 is 11.6 Å². The van der Waals surface area contributed by atoms with Crippen LogP contribution in [-0.4, -0.2) is 15.7 Å². The zero-order valence-electron chi connectivity index (χ0n) is 14.3. The van der Waals surface area contributed by atoms with E-state index < -0.39 is 0 Å². The maximum absolute atomic E-state index is 13.7. The van der Waals surface area contributed by atoms with Gasteiger partial charge in [0.1, 0.15) is 5.82 Å². The molecule has 1 heterocycles. The first-order chi connectivity index (χ1) is 12.0. The Morgan fingerprint density at radius 2 is 1.84 bits per heavy atom. The summed E-state index contributed by atoms with van der Waals surface area (Å²) in [5, 5.41) is 7.38. The summed E-state index contributed by atoms with van der Waals surface area (Å²) in [6, 6.07) is 16.0. The van der Waals surface area contributed by atoms with Gasteiger partial charge >= 0.3 is 0 Å². The monoisotopic (exact) mass is 337 g/mol. The van der Waals surface area contributed by atoms with E-state index in [1.807, 2.05) is 48.9 Å². The zero-order chi connectivity index (χ0) is 17.8. The van der Waals surface area contributed by atoms with Gasteiger partial charge in [-0.2, -0.15) is 5.10 Å². The summed E-state index contributed by atoms with van der Waals surface area (Å²) < 4.78 is 15.5. The predicted molar refractivity (Wildman–Crippen MR) is 96.4 cm³/mol. The molecule has 0 unspecified atom stereocenters. The first kappa shape index (κ1) is 16.9. The van der Waals surface area contributed by atoms with Crippen LogP contribution in [0, 0.1) is 19.7 Å². The first-order valence-corrected chi connectivity index (χ1v) is 8.20. The van der Waals surface area contributed by atoms with Crippen molar-refractivity contribution in [2.75, 3.05) is 5.32 Å². The Balaban J connectivity index is 1.74. The van der Waals surface area contributed by atoms with E-state index in [4.69, 9.17) is 0 Å². The molecule has 3 rings (SSSR count). The highest BCUT2D eigenvalue weighted by Crippen LogP contribution is 2.22. The number of aromatic nitrogens is 2. The Labute approximate surface area is 146 Å². The van der Waals surface area contributed by atoms with E-state index in [0.29, 0.717) is 17.7 Å². The number of carbonyl (C=O) groups is 1. The lowest BCUT2D eigenvalue weighted by atomic mass is 10.1. The molecule has 0 aliphatic rings. The molecule has 0 atom stereocenters. The number of rotatable bonds is 5. The molecule has 0 aliphatic heterocycles. The van der Waals surface area contributed by atoms with Crippen LogP contribution >= 0.6 is 0 Å². The van der Waals surface area contributed by atoms with Crippen LogP contribution in [0.3, 0.4) is 0 Å². The summed E-state index contributed by atoms with van der Waals surface area (Å²) in [6.07, 6.45) is 0.576. The molecule has 2 aromatic carbocycles. The van der Waals surface area contributed by atoms with Gasteiger partial charge in [-0.15, -0.1) is 0 Å². The minimum atomic E-state index is -0.279. The van der Waals surface area contributed by atoms with E-state index in [-0.39, 0.29) is 18.1 Å². The first-order valence-electron chi connectivity index (χ1n) is 8.20. The Kier molecular flexibility index (Phi) is 4.93. The smallest absolute Gasteiger partial charge is 0.224 e. The van der Waals surface area contributed by atoms with Crippen LogP contribution in [-0.2, 0) is 11.2 Å². The molecule has 0 fully saturated rings. The average molecular weight is 337 g/mol. The Bertz CT molecular complexity index is 901. The molecule has 0 bridgehead atoms. The summed E-state index contributed by atoms with van der Waals surface area (Å²) in [4.78, 5) is 12.3. The van der Waals surface area contributed by atoms with Crippen molar-refractivity contribution in [1.82, 2.24) is 9.78 Å². The molecule has 3 aromatic rings. The number of nitrogens with one attached hydrogen (secondary N) is 1. The zero-order valence-corrected chi connectivity index (χ0v) is 14.3. The van der Waals surface area contributed by atoms with E-state index in [0.717, 1.165) is 17.1 Å². The van der Waals surface area contributed by atoms with Gasteiger partial charge < -0.3 is 5.32 Å². The maximum atomic E-state index is 13.7. The van der Waals surface area contributed by atoms with Crippen molar-refractivity contribution in [3.05, 3.63) is 77.4 Å². The van der Waals surface area contributed by atoms with Crippen LogP contribution in [0.15, 0.2) is 54.6 Å². The lowest BCUT2D eigenvalue weighted by molar-refractivity contribution is -0.116. The molecule has 0 saturated carbocycles. The van der Waals surface area contributed by atoms with Crippen LogP contribution in [0.4, 0.5) is 10.1 Å². The van der Waals surface area contributed by atoms with Gasteiger partial charge in [0, 0.05) is 12.1 Å². The number of amides is 1. The molecule has 0 radical (unpaired) electrons. The summed E-state index contributed by atoms with van der Waals surface area (Å²) >= 11 is 0. The van der Waals surface area contributed by atoms with Gasteiger partial charge in [0.05, 0.1) is 17.1 Å². The van der Waals surface area contributed by atoms with Gasteiger partial charge in [0.25, 0.3) is 0 Å². The van der Waals surface area contributed by atoms with Crippen LogP contribution in [0.2, 0.25) is 0 Å². The van der Waals surface area contributed by atoms with Crippen LogP contribution in [0.25, 0.3) is 5.69 Å². The van der Waals surface area contributed by atoms with Crippen LogP contribution in [0.1, 0.15) is 23.4 Å². The number of halogens is 1. The van der Waals surface area contributed by atoms with E-state index in [2.05, 4.69) is 10.4 Å². The normalized spacial score (nSPS) is 10.7. The molecule has 0 saturated heterocycles. The summed E-state index contributed by atoms with van der Waals surface area (Å²) in [6.45, 7) is 3.90. The third-order valence-electron chi connectivity index (χ3n) is 4.00. The Morgan fingerprint density at radius 1 is 1.12 bits per heavy atom. The number of nitrogens with zero attached hydrogens (tertiary/aromatic N) is 2. The summed E-state index contributed by atoms with van der Waals surface area (Å²) in [5.41, 5.74) is 3.95. The second-order valence-corrected chi connectivity index (χ2v) is 6.00. The predicted octanol–water partition coefficient (Wildman–Crippen LogP) is 4.20. The maximum Gasteiger partial charge on any atom is 0.224 e. The van der Waals surface area contributed by atoms with E-state index in [9.17, 15) is 9.18 Å². The standard InChI is InChI=1S/C20H20FN3O/c1-14-13-15(2)24(23-14)19-10-6-5-9-18(19)22-20(25)12-11-16-7-3-4-8-17(16)21/h3-10,13H,11-12H2,1-2H3,(H,22,25). The second-order valence-electron chi connectivity index (χ2n) is 6.00. The largest absolute Gasteiger partial charge is 0.324 e. The van der Waals surface area contributed by atoms with Crippen molar-refractivity contribution in [2.45, 2.75) is 26.7 Å². The molecular weight excluding hydrogens is 317 g/mol. The number of aryl methyl sites for hydroxylation is 3. The molecule has 0 spiro atoms. The molecule has 25 heavy (non-hydrogen) atoms. The molecule has 0 aliphatic carbocycles. The van der Waals surface area contributed by atoms with Gasteiger partial charge in [0.15, 0.2) is 0 Å². The highest BCUT2D eigenvalue weighted by atomic mass is 19.1. The third-order valence-corrected chi connectivity index (χ3v) is 4.00. The highest BCUT2D eigenvalue weighted by Gasteiger charge is 2.12. The number of para-hydroxylation sites is 2. The SMILES string of the molecule is Cc1cc(C)n(-c2ccccc2NC(=O)CCc2ccccc2F)n1. The fourth-order valence-corrected chi connectivity index (χ4v) is 2.80. The number of anilines is 1. The van der Waals surface area contributed by atoms with E-state index in [1.165, 1.54) is 6.07 Å². The number of hydrogen-bond donors (Lipinski definition) is 1. The van der Waals surface area contributed by atoms with E-state index in [1.54, 1.807) is 18.2 Å². The molecular formula is C20H20FN3O. The van der Waals surface area contributed by atoms with Gasteiger partial charge in [-0.3, -0.25) is 4.79 Å². The third kappa shape index (κ3) is 3.94. The van der Waals surface area contributed by atoms with Gasteiger partial charge in [0.2, 0.25) is 5.91 Å². The van der Waals surface area contributed by atoms with Crippen molar-refractivity contribution in [3.63, 3.8) is 0 Å².